The zero-order chi connectivity index (χ0) is 28.3. The molecule has 1 atom stereocenters. The summed E-state index contributed by atoms with van der Waals surface area (Å²) in [6, 6.07) is 2.02. The van der Waals surface area contributed by atoms with E-state index >= 15 is 0 Å². The Labute approximate surface area is 221 Å². The first-order valence-corrected chi connectivity index (χ1v) is 12.8. The molecule has 0 saturated heterocycles. The second kappa shape index (κ2) is 11.3. The molecule has 0 spiro atoms. The van der Waals surface area contributed by atoms with Gasteiger partial charge in [0.15, 0.2) is 5.69 Å². The van der Waals surface area contributed by atoms with Gasteiger partial charge in [-0.3, -0.25) is 9.32 Å². The number of carboxylic acids is 1. The van der Waals surface area contributed by atoms with Gasteiger partial charge in [0.25, 0.3) is 0 Å². The van der Waals surface area contributed by atoms with Crippen LogP contribution in [0.4, 0.5) is 15.0 Å². The molecule has 1 aromatic carbocycles. The maximum absolute atomic E-state index is 13.6. The molecule has 3 aromatic rings. The Morgan fingerprint density at radius 1 is 1.26 bits per heavy atom. The Hall–Kier alpha value is -3.84. The Balaban J connectivity index is 1.72. The molecule has 0 fully saturated rings. The van der Waals surface area contributed by atoms with Crippen LogP contribution in [0.3, 0.4) is 0 Å². The van der Waals surface area contributed by atoms with E-state index in [1.807, 2.05) is 4.72 Å². The Bertz CT molecular complexity index is 1500. The summed E-state index contributed by atoms with van der Waals surface area (Å²) in [5, 5.41) is 23.1. The van der Waals surface area contributed by atoms with Crippen LogP contribution < -0.4 is 20.5 Å². The highest BCUT2D eigenvalue weighted by Gasteiger charge is 2.28. The first-order valence-electron chi connectivity index (χ1n) is 10.5. The predicted molar refractivity (Wildman–Crippen MR) is 129 cm³/mol. The smallest absolute Gasteiger partial charge is 0.446 e. The van der Waals surface area contributed by atoms with Gasteiger partial charge in [-0.05, 0) is 71.6 Å². The molecule has 3 rings (SSSR count). The van der Waals surface area contributed by atoms with Gasteiger partial charge in [-0.15, -0.1) is 0 Å². The third kappa shape index (κ3) is 7.35. The lowest BCUT2D eigenvalue weighted by Crippen LogP contribution is -2.49. The molecular weight excluding hydrogens is 601 g/mol. The highest BCUT2D eigenvalue weighted by Crippen LogP contribution is 2.26. The Morgan fingerprint density at radius 2 is 1.97 bits per heavy atom. The van der Waals surface area contributed by atoms with Gasteiger partial charge in [-0.1, -0.05) is 5.16 Å². The number of halogens is 2. The van der Waals surface area contributed by atoms with Crippen LogP contribution in [0.25, 0.3) is 17.2 Å². The van der Waals surface area contributed by atoms with E-state index in [4.69, 9.17) is 13.9 Å². The number of hydrogen-bond acceptors (Lipinski definition) is 12. The number of amides is 1. The molecule has 1 amide bonds. The predicted octanol–water partition coefficient (Wildman–Crippen LogP) is 1.39. The van der Waals surface area contributed by atoms with E-state index < -0.39 is 45.5 Å². The third-order valence-electron chi connectivity index (χ3n) is 4.40. The van der Waals surface area contributed by atoms with E-state index in [1.54, 1.807) is 4.72 Å². The highest BCUT2D eigenvalue weighted by atomic mass is 79.9. The molecule has 0 radical (unpaired) electrons. The van der Waals surface area contributed by atoms with Gasteiger partial charge in [-0.2, -0.15) is 13.1 Å². The minimum Gasteiger partial charge on any atom is -0.480 e. The Morgan fingerprint density at radius 3 is 2.61 bits per heavy atom. The monoisotopic (exact) mass is 621 g/mol. The van der Waals surface area contributed by atoms with Crippen molar-refractivity contribution in [1.82, 2.24) is 29.5 Å². The molecule has 0 bridgehead atoms. The minimum atomic E-state index is -4.59. The van der Waals surface area contributed by atoms with Gasteiger partial charge >= 0.3 is 28.0 Å². The number of ether oxygens (including phenoxy) is 1. The number of aliphatic carboxylic acids is 1. The van der Waals surface area contributed by atoms with E-state index in [9.17, 15) is 32.3 Å². The maximum atomic E-state index is 13.6. The SMILES string of the molecule is CC(C)(C)OC(=O)NS(=O)(=O)N[C@H](CCNc1nonc1-c1noc(=O)n1-c1ccc(F)c(Br)c1)C(=O)O. The summed E-state index contributed by atoms with van der Waals surface area (Å²) in [7, 11) is -4.59. The molecule has 4 N–H and O–H groups in total. The van der Waals surface area contributed by atoms with Crippen molar-refractivity contribution in [3.63, 3.8) is 0 Å². The molecule has 19 heteroatoms. The van der Waals surface area contributed by atoms with Gasteiger partial charge in [0, 0.05) is 6.54 Å². The molecule has 0 aliphatic carbocycles. The van der Waals surface area contributed by atoms with E-state index in [0.717, 1.165) is 10.6 Å². The number of carbonyl (C=O) groups is 2. The fraction of sp³-hybridized carbons (Fsp3) is 0.368. The Kier molecular flexibility index (Phi) is 8.52. The van der Waals surface area contributed by atoms with Gasteiger partial charge in [0.1, 0.15) is 17.5 Å². The molecule has 0 aliphatic heterocycles. The van der Waals surface area contributed by atoms with E-state index in [2.05, 4.69) is 36.7 Å². The summed E-state index contributed by atoms with van der Waals surface area (Å²) in [4.78, 5) is 35.6. The van der Waals surface area contributed by atoms with Crippen molar-refractivity contribution in [1.29, 1.82) is 0 Å². The number of anilines is 1. The third-order valence-corrected chi connectivity index (χ3v) is 6.04. The lowest BCUT2D eigenvalue weighted by Gasteiger charge is -2.20. The van der Waals surface area contributed by atoms with Crippen molar-refractivity contribution < 1.29 is 41.4 Å². The van der Waals surface area contributed by atoms with Crippen LogP contribution in [-0.4, -0.2) is 63.8 Å². The second-order valence-electron chi connectivity index (χ2n) is 8.50. The normalized spacial score (nSPS) is 12.7. The minimum absolute atomic E-state index is 0.0639. The summed E-state index contributed by atoms with van der Waals surface area (Å²) in [5.41, 5.74) is -0.928. The number of benzene rings is 1. The van der Waals surface area contributed by atoms with Crippen molar-refractivity contribution in [2.24, 2.45) is 0 Å². The second-order valence-corrected chi connectivity index (χ2v) is 10.8. The number of nitrogens with zero attached hydrogens (tertiary/aromatic N) is 4. The van der Waals surface area contributed by atoms with Crippen molar-refractivity contribution >= 4 is 44.0 Å². The quantitative estimate of drug-likeness (QED) is 0.251. The zero-order valence-corrected chi connectivity index (χ0v) is 22.3. The largest absolute Gasteiger partial charge is 0.480 e. The lowest BCUT2D eigenvalue weighted by atomic mass is 10.2. The molecule has 38 heavy (non-hydrogen) atoms. The molecule has 2 aromatic heterocycles. The molecule has 2 heterocycles. The molecule has 0 aliphatic rings. The van der Waals surface area contributed by atoms with Crippen molar-refractivity contribution in [2.75, 3.05) is 11.9 Å². The van der Waals surface area contributed by atoms with Crippen molar-refractivity contribution in [3.05, 3.63) is 39.0 Å². The molecule has 206 valence electrons. The summed E-state index contributed by atoms with van der Waals surface area (Å²) in [6.45, 7) is 4.35. The number of hydrogen-bond donors (Lipinski definition) is 4. The van der Waals surface area contributed by atoms with Gasteiger partial charge in [0.2, 0.25) is 11.6 Å². The number of carbonyl (C=O) groups excluding carboxylic acids is 1. The number of carboxylic acid groups (broad SMARTS) is 1. The van der Waals surface area contributed by atoms with Crippen LogP contribution in [0.5, 0.6) is 0 Å². The summed E-state index contributed by atoms with van der Waals surface area (Å²) in [6.07, 6.45) is -1.63. The van der Waals surface area contributed by atoms with Crippen LogP contribution in [0.15, 0.2) is 36.6 Å². The average Bonchev–Trinajstić information content (AvgIpc) is 3.39. The van der Waals surface area contributed by atoms with Gasteiger partial charge < -0.3 is 15.2 Å². The van der Waals surface area contributed by atoms with Crippen LogP contribution in [0.1, 0.15) is 27.2 Å². The van der Waals surface area contributed by atoms with E-state index in [-0.39, 0.29) is 40.5 Å². The lowest BCUT2D eigenvalue weighted by molar-refractivity contribution is -0.139. The number of aromatic nitrogens is 4. The topological polar surface area (TPSA) is 221 Å². The van der Waals surface area contributed by atoms with Crippen LogP contribution in [-0.2, 0) is 19.7 Å². The number of nitrogens with one attached hydrogen (secondary N) is 3. The van der Waals surface area contributed by atoms with Crippen LogP contribution in [0.2, 0.25) is 0 Å². The van der Waals surface area contributed by atoms with Crippen LogP contribution >= 0.6 is 15.9 Å². The highest BCUT2D eigenvalue weighted by molar-refractivity contribution is 9.10. The van der Waals surface area contributed by atoms with Crippen LogP contribution in [0, 0.1) is 5.82 Å². The fourth-order valence-corrected chi connectivity index (χ4v) is 4.18. The van der Waals surface area contributed by atoms with E-state index in [0.29, 0.717) is 0 Å². The van der Waals surface area contributed by atoms with Crippen molar-refractivity contribution in [3.8, 4) is 17.2 Å². The van der Waals surface area contributed by atoms with Gasteiger partial charge in [0.05, 0.1) is 10.2 Å². The molecule has 0 saturated carbocycles. The summed E-state index contributed by atoms with van der Waals surface area (Å²) >= 11 is 3.02. The first-order chi connectivity index (χ1) is 17.7. The van der Waals surface area contributed by atoms with Gasteiger partial charge in [-0.25, -0.2) is 27.9 Å². The fourth-order valence-electron chi connectivity index (χ4n) is 2.90. The molecule has 16 nitrogen and oxygen atoms in total. The van der Waals surface area contributed by atoms with Crippen molar-refractivity contribution in [2.45, 2.75) is 38.8 Å². The molecule has 0 unspecified atom stereocenters. The average molecular weight is 622 g/mol. The summed E-state index contributed by atoms with van der Waals surface area (Å²) in [5.74, 6) is -3.30. The first kappa shape index (κ1) is 28.7. The zero-order valence-electron chi connectivity index (χ0n) is 19.9. The standard InChI is InChI=1S/C19H21BrFN7O9S/c1-19(2,3)35-17(31)27-38(33,34)26-12(16(29)30)6-7-22-14-13(23-37-24-14)15-25-36-18(32)28(15)9-4-5-11(21)10(20)8-9/h4-5,8,12,26H,6-7H2,1-3H3,(H,22,24)(H,27,31)(H,29,30)/t12-/m1/s1. The number of rotatable bonds is 10. The molecular formula is C19H21BrFN7O9S. The maximum Gasteiger partial charge on any atom is 0.446 e. The van der Waals surface area contributed by atoms with E-state index in [1.165, 1.54) is 32.9 Å². The summed E-state index contributed by atoms with van der Waals surface area (Å²) < 4.78 is 56.6.